The van der Waals surface area contributed by atoms with Gasteiger partial charge in [-0.05, 0) is 31.8 Å². The van der Waals surface area contributed by atoms with Gasteiger partial charge in [0, 0.05) is 18.6 Å². The van der Waals surface area contributed by atoms with E-state index in [0.717, 1.165) is 12.6 Å². The molecule has 16 heavy (non-hydrogen) atoms. The van der Waals surface area contributed by atoms with Crippen LogP contribution in [0.25, 0.3) is 0 Å². The van der Waals surface area contributed by atoms with Gasteiger partial charge in [0.25, 0.3) is 0 Å². The number of hydrogen-bond donors (Lipinski definition) is 1. The van der Waals surface area contributed by atoms with E-state index in [0.29, 0.717) is 12.0 Å². The second-order valence-corrected chi connectivity index (χ2v) is 5.68. The Balaban J connectivity index is 2.24. The molecule has 0 radical (unpaired) electrons. The van der Waals surface area contributed by atoms with Crippen LogP contribution in [0.15, 0.2) is 12.2 Å². The zero-order valence-electron chi connectivity index (χ0n) is 11.4. The second-order valence-electron chi connectivity index (χ2n) is 5.68. The second kappa shape index (κ2) is 6.41. The molecule has 0 amide bonds. The van der Waals surface area contributed by atoms with Crippen LogP contribution in [-0.2, 0) is 0 Å². The van der Waals surface area contributed by atoms with Crippen LogP contribution < -0.4 is 5.32 Å². The fourth-order valence-electron chi connectivity index (χ4n) is 2.20. The number of rotatable bonds is 5. The van der Waals surface area contributed by atoms with Crippen molar-refractivity contribution in [1.82, 2.24) is 10.2 Å². The van der Waals surface area contributed by atoms with E-state index in [1.54, 1.807) is 0 Å². The summed E-state index contributed by atoms with van der Waals surface area (Å²) in [6, 6.07) is 1.34. The van der Waals surface area contributed by atoms with E-state index in [2.05, 4.69) is 44.5 Å². The maximum absolute atomic E-state index is 4.16. The minimum atomic E-state index is 0.613. The molecule has 1 N–H and O–H groups in total. The summed E-state index contributed by atoms with van der Waals surface area (Å²) in [4.78, 5) is 2.54. The lowest BCUT2D eigenvalue weighted by molar-refractivity contribution is 0.203. The highest BCUT2D eigenvalue weighted by molar-refractivity contribution is 5.01. The summed E-state index contributed by atoms with van der Waals surface area (Å²) in [5.41, 5.74) is 1.37. The summed E-state index contributed by atoms with van der Waals surface area (Å²) >= 11 is 0. The first kappa shape index (κ1) is 13.7. The van der Waals surface area contributed by atoms with Gasteiger partial charge in [-0.2, -0.15) is 0 Å². The van der Waals surface area contributed by atoms with Crippen molar-refractivity contribution in [3.63, 3.8) is 0 Å². The Morgan fingerprint density at radius 3 is 2.25 bits per heavy atom. The molecule has 0 unspecified atom stereocenters. The molecule has 94 valence electrons. The molecule has 0 aromatic heterocycles. The van der Waals surface area contributed by atoms with Crippen molar-refractivity contribution in [2.24, 2.45) is 5.92 Å². The first-order chi connectivity index (χ1) is 7.49. The van der Waals surface area contributed by atoms with Crippen molar-refractivity contribution < 1.29 is 0 Å². The number of piperidine rings is 1. The first-order valence-electron chi connectivity index (χ1n) is 6.65. The van der Waals surface area contributed by atoms with Gasteiger partial charge >= 0.3 is 0 Å². The molecule has 0 atom stereocenters. The molecule has 0 saturated carbocycles. The molecule has 2 nitrogen and oxygen atoms in total. The molecule has 1 aliphatic rings. The van der Waals surface area contributed by atoms with E-state index in [9.17, 15) is 0 Å². The van der Waals surface area contributed by atoms with Gasteiger partial charge in [-0.15, -0.1) is 0 Å². The van der Waals surface area contributed by atoms with Crippen molar-refractivity contribution in [1.29, 1.82) is 0 Å². The molecule has 0 aromatic rings. The Bertz CT molecular complexity index is 213. The van der Waals surface area contributed by atoms with E-state index < -0.39 is 0 Å². The smallest absolute Gasteiger partial charge is 0.0192 e. The highest BCUT2D eigenvalue weighted by Gasteiger charge is 2.19. The van der Waals surface area contributed by atoms with Gasteiger partial charge in [0.1, 0.15) is 0 Å². The summed E-state index contributed by atoms with van der Waals surface area (Å²) in [5.74, 6) is 0.617. The van der Waals surface area contributed by atoms with Crippen molar-refractivity contribution >= 4 is 0 Å². The summed E-state index contributed by atoms with van der Waals surface area (Å²) in [5, 5.41) is 3.63. The maximum Gasteiger partial charge on any atom is 0.0192 e. The molecule has 1 aliphatic heterocycles. The average Bonchev–Trinajstić information content (AvgIpc) is 2.20. The average molecular weight is 224 g/mol. The van der Waals surface area contributed by atoms with Crippen molar-refractivity contribution in [3.05, 3.63) is 12.2 Å². The molecule has 2 heteroatoms. The van der Waals surface area contributed by atoms with Crippen LogP contribution in [0.1, 0.15) is 40.5 Å². The van der Waals surface area contributed by atoms with Crippen LogP contribution in [0.3, 0.4) is 0 Å². The lowest BCUT2D eigenvalue weighted by atomic mass is 10.0. The third-order valence-corrected chi connectivity index (χ3v) is 3.40. The van der Waals surface area contributed by atoms with E-state index in [4.69, 9.17) is 0 Å². The van der Waals surface area contributed by atoms with Gasteiger partial charge in [0.2, 0.25) is 0 Å². The fraction of sp³-hybridized carbons (Fsp3) is 0.857. The lowest BCUT2D eigenvalue weighted by Gasteiger charge is -2.34. The number of likely N-dealkylation sites (tertiary alicyclic amines) is 1. The first-order valence-corrected chi connectivity index (χ1v) is 6.65. The molecular weight excluding hydrogens is 196 g/mol. The van der Waals surface area contributed by atoms with Crippen LogP contribution in [-0.4, -0.2) is 36.6 Å². The minimum absolute atomic E-state index is 0.613. The predicted octanol–water partition coefficient (Wildman–Crippen LogP) is 2.66. The molecule has 0 bridgehead atoms. The molecular formula is C14H28N2. The van der Waals surface area contributed by atoms with Gasteiger partial charge in [0.15, 0.2) is 0 Å². The molecule has 1 heterocycles. The van der Waals surface area contributed by atoms with Gasteiger partial charge in [-0.25, -0.2) is 0 Å². The van der Waals surface area contributed by atoms with E-state index in [1.165, 1.54) is 31.5 Å². The molecule has 0 aliphatic carbocycles. The predicted molar refractivity (Wildman–Crippen MR) is 71.7 cm³/mol. The Kier molecular flexibility index (Phi) is 5.50. The van der Waals surface area contributed by atoms with Gasteiger partial charge in [-0.3, -0.25) is 4.90 Å². The minimum Gasteiger partial charge on any atom is -0.312 e. The van der Waals surface area contributed by atoms with Crippen LogP contribution >= 0.6 is 0 Å². The maximum atomic E-state index is 4.16. The third-order valence-electron chi connectivity index (χ3n) is 3.40. The van der Waals surface area contributed by atoms with E-state index in [1.807, 2.05) is 0 Å². The van der Waals surface area contributed by atoms with Gasteiger partial charge < -0.3 is 5.32 Å². The molecule has 1 saturated heterocycles. The van der Waals surface area contributed by atoms with E-state index in [-0.39, 0.29) is 0 Å². The Morgan fingerprint density at radius 2 is 1.81 bits per heavy atom. The Hall–Kier alpha value is -0.340. The quantitative estimate of drug-likeness (QED) is 0.722. The summed E-state index contributed by atoms with van der Waals surface area (Å²) < 4.78 is 0. The molecule has 0 aromatic carbocycles. The van der Waals surface area contributed by atoms with Crippen molar-refractivity contribution in [2.75, 3.05) is 19.6 Å². The zero-order chi connectivity index (χ0) is 12.1. The van der Waals surface area contributed by atoms with Crippen LogP contribution in [0, 0.1) is 5.92 Å². The largest absolute Gasteiger partial charge is 0.312 e. The molecule has 0 spiro atoms. The Morgan fingerprint density at radius 1 is 1.25 bits per heavy atom. The number of nitrogens with zero attached hydrogens (tertiary/aromatic N) is 1. The highest BCUT2D eigenvalue weighted by atomic mass is 15.1. The standard InChI is InChI=1S/C14H28N2/c1-11(2)13(5)10-16-8-6-14(7-9-16)15-12(3)4/h11-12,14-15H,5-10H2,1-4H3. The normalized spacial score (nSPS) is 19.6. The fourth-order valence-corrected chi connectivity index (χ4v) is 2.20. The summed E-state index contributed by atoms with van der Waals surface area (Å²) in [6.45, 7) is 16.6. The zero-order valence-corrected chi connectivity index (χ0v) is 11.4. The van der Waals surface area contributed by atoms with Gasteiger partial charge in [-0.1, -0.05) is 39.8 Å². The number of nitrogens with one attached hydrogen (secondary N) is 1. The van der Waals surface area contributed by atoms with Crippen molar-refractivity contribution in [3.8, 4) is 0 Å². The van der Waals surface area contributed by atoms with Crippen LogP contribution in [0.5, 0.6) is 0 Å². The third kappa shape index (κ3) is 4.67. The lowest BCUT2D eigenvalue weighted by Crippen LogP contribution is -2.45. The highest BCUT2D eigenvalue weighted by Crippen LogP contribution is 2.15. The molecule has 1 fully saturated rings. The van der Waals surface area contributed by atoms with E-state index >= 15 is 0 Å². The number of hydrogen-bond acceptors (Lipinski definition) is 2. The van der Waals surface area contributed by atoms with Crippen LogP contribution in [0.2, 0.25) is 0 Å². The van der Waals surface area contributed by atoms with Gasteiger partial charge in [0.05, 0.1) is 0 Å². The van der Waals surface area contributed by atoms with Crippen molar-refractivity contribution in [2.45, 2.75) is 52.6 Å². The van der Waals surface area contributed by atoms with Crippen LogP contribution in [0.4, 0.5) is 0 Å². The SMILES string of the molecule is C=C(CN1CCC(NC(C)C)CC1)C(C)C. The Labute approximate surface area is 101 Å². The topological polar surface area (TPSA) is 15.3 Å². The summed E-state index contributed by atoms with van der Waals surface area (Å²) in [7, 11) is 0. The summed E-state index contributed by atoms with van der Waals surface area (Å²) in [6.07, 6.45) is 2.56. The monoisotopic (exact) mass is 224 g/mol. The molecule has 1 rings (SSSR count).